The first-order valence-corrected chi connectivity index (χ1v) is 14.8. The Kier molecular flexibility index (Phi) is 12.2. The summed E-state index contributed by atoms with van der Waals surface area (Å²) < 4.78 is 52.8. The molecule has 5 unspecified atom stereocenters. The van der Waals surface area contributed by atoms with E-state index in [1.165, 1.54) is 21.3 Å². The average Bonchev–Trinajstić information content (AvgIpc) is 3.35. The van der Waals surface area contributed by atoms with Crippen molar-refractivity contribution in [2.24, 2.45) is 5.92 Å². The van der Waals surface area contributed by atoms with Gasteiger partial charge in [0.2, 0.25) is 0 Å². The van der Waals surface area contributed by atoms with E-state index in [1.807, 2.05) is 26.0 Å². The van der Waals surface area contributed by atoms with Crippen LogP contribution in [-0.4, -0.2) is 82.3 Å². The molecule has 45 heavy (non-hydrogen) atoms. The maximum Gasteiger partial charge on any atom is 0.338 e. The van der Waals surface area contributed by atoms with Crippen molar-refractivity contribution in [3.05, 3.63) is 77.4 Å². The molecule has 2 aromatic carbocycles. The van der Waals surface area contributed by atoms with Crippen LogP contribution in [0.2, 0.25) is 0 Å². The van der Waals surface area contributed by atoms with Crippen LogP contribution in [0.5, 0.6) is 11.5 Å². The number of fused-ring (bicyclic) bond motifs is 2. The van der Waals surface area contributed by atoms with Crippen LogP contribution < -0.4 is 9.47 Å². The normalized spacial score (nSPS) is 28.8. The van der Waals surface area contributed by atoms with Crippen LogP contribution in [0, 0.1) is 5.92 Å². The molecule has 2 heterocycles. The molecule has 1 fully saturated rings. The average molecular weight is 629 g/mol. The highest BCUT2D eigenvalue weighted by molar-refractivity contribution is 5.89. The molecule has 1 N–H and O–H groups in total. The molecule has 2 aromatic rings. The van der Waals surface area contributed by atoms with Crippen LogP contribution in [0.1, 0.15) is 55.5 Å². The zero-order valence-electron chi connectivity index (χ0n) is 26.8. The fraction of sp³-hybridized carbons (Fsp3) is 0.500. The molecule has 4 rings (SSSR count). The van der Waals surface area contributed by atoms with Gasteiger partial charge in [0.25, 0.3) is 0 Å². The minimum Gasteiger partial charge on any atom is -0.497 e. The lowest BCUT2D eigenvalue weighted by Gasteiger charge is -2.29. The lowest BCUT2D eigenvalue weighted by molar-refractivity contribution is -0.165. The van der Waals surface area contributed by atoms with Gasteiger partial charge in [-0.2, -0.15) is 0 Å². The SMILES string of the molecule is COCOc1cc(OC)cc2c1C(O)O[C@@H](C)[C@H](C)/C=C\C(OC(=O)c1ccccc1)C1OC(C)(C)OC1C(OCOC)C=C2. The van der Waals surface area contributed by atoms with Gasteiger partial charge in [0.1, 0.15) is 42.7 Å². The molecule has 0 aliphatic carbocycles. The predicted octanol–water partition coefficient (Wildman–Crippen LogP) is 5.03. The summed E-state index contributed by atoms with van der Waals surface area (Å²) in [6, 6.07) is 12.1. The third kappa shape index (κ3) is 8.92. The standard InChI is InChI=1S/C34H44O11/c1-21-13-15-27(43-32(35)23-11-9-8-10-12-23)31-30(44-34(3,4)45-31)26(40-19-37-5)16-14-24-17-25(39-7)18-28(41-20-38-6)29(24)33(36)42-22(21)2/h8-18,21-22,26-27,30-31,33,36H,19-20H2,1-7H3/b15-13-,16-14?/t21-,22+,26?,27?,30?,31?,33?/m1/s1. The van der Waals surface area contributed by atoms with Crippen molar-refractivity contribution in [2.75, 3.05) is 34.9 Å². The zero-order chi connectivity index (χ0) is 32.6. The van der Waals surface area contributed by atoms with Gasteiger partial charge in [-0.05, 0) is 50.6 Å². The Balaban J connectivity index is 1.84. The highest BCUT2D eigenvalue weighted by Gasteiger charge is 2.49. The van der Waals surface area contributed by atoms with Crippen molar-refractivity contribution in [3.63, 3.8) is 0 Å². The Morgan fingerprint density at radius 2 is 1.60 bits per heavy atom. The summed E-state index contributed by atoms with van der Waals surface area (Å²) in [5.74, 6) is -0.954. The minimum atomic E-state index is -1.38. The molecule has 2 aliphatic heterocycles. The van der Waals surface area contributed by atoms with Crippen LogP contribution in [0.25, 0.3) is 6.08 Å². The molecule has 11 heteroatoms. The van der Waals surface area contributed by atoms with Crippen LogP contribution >= 0.6 is 0 Å². The number of carbonyl (C=O) groups excluding carboxylic acids is 1. The van der Waals surface area contributed by atoms with Crippen molar-refractivity contribution in [1.29, 1.82) is 0 Å². The van der Waals surface area contributed by atoms with E-state index in [4.69, 9.17) is 42.6 Å². The Morgan fingerprint density at radius 1 is 0.911 bits per heavy atom. The van der Waals surface area contributed by atoms with E-state index in [0.29, 0.717) is 28.2 Å². The molecule has 0 aromatic heterocycles. The zero-order valence-corrected chi connectivity index (χ0v) is 26.8. The fourth-order valence-corrected chi connectivity index (χ4v) is 5.13. The summed E-state index contributed by atoms with van der Waals surface area (Å²) in [7, 11) is 4.56. The van der Waals surface area contributed by atoms with Gasteiger partial charge in [-0.1, -0.05) is 43.4 Å². The second-order valence-corrected chi connectivity index (χ2v) is 11.3. The molecular weight excluding hydrogens is 584 g/mol. The monoisotopic (exact) mass is 628 g/mol. The second kappa shape index (κ2) is 15.8. The van der Waals surface area contributed by atoms with E-state index in [0.717, 1.165) is 0 Å². The van der Waals surface area contributed by atoms with Gasteiger partial charge < -0.3 is 47.7 Å². The molecule has 1 saturated heterocycles. The third-order valence-corrected chi connectivity index (χ3v) is 7.56. The second-order valence-electron chi connectivity index (χ2n) is 11.3. The Morgan fingerprint density at radius 3 is 2.27 bits per heavy atom. The van der Waals surface area contributed by atoms with E-state index < -0.39 is 48.6 Å². The van der Waals surface area contributed by atoms with Crippen molar-refractivity contribution < 1.29 is 52.5 Å². The number of aliphatic hydroxyl groups is 1. The summed E-state index contributed by atoms with van der Waals surface area (Å²) in [5, 5.41) is 11.4. The van der Waals surface area contributed by atoms with Gasteiger partial charge in [0, 0.05) is 26.2 Å². The van der Waals surface area contributed by atoms with Crippen LogP contribution in [0.4, 0.5) is 0 Å². The number of ether oxygens (including phenoxy) is 9. The molecule has 0 spiro atoms. The van der Waals surface area contributed by atoms with E-state index in [2.05, 4.69) is 0 Å². The predicted molar refractivity (Wildman–Crippen MR) is 165 cm³/mol. The third-order valence-electron chi connectivity index (χ3n) is 7.56. The van der Waals surface area contributed by atoms with Crippen molar-refractivity contribution in [1.82, 2.24) is 0 Å². The molecule has 246 valence electrons. The van der Waals surface area contributed by atoms with E-state index in [1.54, 1.807) is 68.5 Å². The number of hydrogen-bond donors (Lipinski definition) is 1. The Labute approximate surface area is 264 Å². The van der Waals surface area contributed by atoms with E-state index in [9.17, 15) is 9.90 Å². The van der Waals surface area contributed by atoms with Crippen LogP contribution in [0.3, 0.4) is 0 Å². The quantitative estimate of drug-likeness (QED) is 0.229. The molecule has 7 atom stereocenters. The highest BCUT2D eigenvalue weighted by atomic mass is 16.8. The Bertz CT molecular complexity index is 1310. The minimum absolute atomic E-state index is 0.0558. The van der Waals surface area contributed by atoms with Crippen molar-refractivity contribution in [3.8, 4) is 11.5 Å². The summed E-state index contributed by atoms with van der Waals surface area (Å²) in [5.41, 5.74) is 1.33. The highest BCUT2D eigenvalue weighted by Crippen LogP contribution is 2.39. The molecule has 2 aliphatic rings. The molecule has 0 amide bonds. The molecule has 0 radical (unpaired) electrons. The lowest BCUT2D eigenvalue weighted by atomic mass is 9.97. The van der Waals surface area contributed by atoms with Gasteiger partial charge in [0.15, 0.2) is 18.9 Å². The van der Waals surface area contributed by atoms with Gasteiger partial charge in [-0.3, -0.25) is 0 Å². The van der Waals surface area contributed by atoms with Crippen LogP contribution in [0.15, 0.2) is 60.7 Å². The smallest absolute Gasteiger partial charge is 0.338 e. The summed E-state index contributed by atoms with van der Waals surface area (Å²) in [6.07, 6.45) is 2.21. The molecular formula is C34H44O11. The van der Waals surface area contributed by atoms with Crippen molar-refractivity contribution in [2.45, 2.75) is 70.3 Å². The number of esters is 1. The number of carbonyl (C=O) groups is 1. The number of rotatable bonds is 9. The lowest BCUT2D eigenvalue weighted by Crippen LogP contribution is -2.44. The largest absolute Gasteiger partial charge is 0.497 e. The van der Waals surface area contributed by atoms with Gasteiger partial charge in [-0.25, -0.2) is 4.79 Å². The molecule has 0 bridgehead atoms. The number of benzene rings is 2. The maximum absolute atomic E-state index is 13.3. The van der Waals surface area contributed by atoms with Gasteiger partial charge in [0.05, 0.1) is 24.3 Å². The Hall–Kier alpha value is -3.29. The van der Waals surface area contributed by atoms with E-state index in [-0.39, 0.29) is 19.5 Å². The number of methoxy groups -OCH3 is 3. The van der Waals surface area contributed by atoms with Gasteiger partial charge >= 0.3 is 5.97 Å². The fourth-order valence-electron chi connectivity index (χ4n) is 5.13. The summed E-state index contributed by atoms with van der Waals surface area (Å²) in [6.45, 7) is 7.25. The number of aliphatic hydroxyl groups excluding tert-OH is 1. The first-order chi connectivity index (χ1) is 21.6. The van der Waals surface area contributed by atoms with E-state index >= 15 is 0 Å². The maximum atomic E-state index is 13.3. The number of hydrogen-bond acceptors (Lipinski definition) is 11. The van der Waals surface area contributed by atoms with Gasteiger partial charge in [-0.15, -0.1) is 0 Å². The molecule has 0 saturated carbocycles. The first kappa shape index (κ1) is 34.6. The summed E-state index contributed by atoms with van der Waals surface area (Å²) in [4.78, 5) is 13.3. The molecule has 11 nitrogen and oxygen atoms in total. The summed E-state index contributed by atoms with van der Waals surface area (Å²) >= 11 is 0. The van der Waals surface area contributed by atoms with Crippen molar-refractivity contribution >= 4 is 12.0 Å². The van der Waals surface area contributed by atoms with Crippen LogP contribution in [-0.2, 0) is 33.2 Å². The first-order valence-electron chi connectivity index (χ1n) is 14.8. The topological polar surface area (TPSA) is 120 Å².